The average molecular weight is 455 g/mol. The van der Waals surface area contributed by atoms with Crippen LogP contribution in [0.2, 0.25) is 0 Å². The van der Waals surface area contributed by atoms with Gasteiger partial charge in [-0.3, -0.25) is 9.59 Å². The zero-order chi connectivity index (χ0) is 22.9. The van der Waals surface area contributed by atoms with Gasteiger partial charge in [-0.15, -0.1) is 0 Å². The van der Waals surface area contributed by atoms with Crippen molar-refractivity contribution in [1.82, 2.24) is 9.80 Å². The second-order valence-electron chi connectivity index (χ2n) is 9.19. The lowest BCUT2D eigenvalue weighted by molar-refractivity contribution is -0.140. The number of benzene rings is 2. The van der Waals surface area contributed by atoms with E-state index in [1.807, 2.05) is 12.1 Å². The minimum atomic E-state index is -3.00. The van der Waals surface area contributed by atoms with E-state index in [-0.39, 0.29) is 41.1 Å². The summed E-state index contributed by atoms with van der Waals surface area (Å²) >= 11 is 0. The number of carbonyl (C=O) groups is 2. The highest BCUT2D eigenvalue weighted by atomic mass is 19.3. The molecular formula is C26H28F2N2O3. The first-order valence-corrected chi connectivity index (χ1v) is 11.8. The van der Waals surface area contributed by atoms with Crippen LogP contribution in [0.1, 0.15) is 59.6 Å². The molecule has 1 saturated carbocycles. The molecule has 5 rings (SSSR count). The van der Waals surface area contributed by atoms with Crippen LogP contribution in [0.25, 0.3) is 0 Å². The molecule has 2 atom stereocenters. The van der Waals surface area contributed by atoms with Gasteiger partial charge < -0.3 is 14.5 Å². The van der Waals surface area contributed by atoms with E-state index in [1.54, 1.807) is 17.0 Å². The quantitative estimate of drug-likeness (QED) is 0.629. The molecule has 0 spiro atoms. The molecule has 174 valence electrons. The summed E-state index contributed by atoms with van der Waals surface area (Å²) in [4.78, 5) is 30.7. The van der Waals surface area contributed by atoms with E-state index >= 15 is 0 Å². The van der Waals surface area contributed by atoms with Gasteiger partial charge in [0, 0.05) is 19.1 Å². The van der Waals surface area contributed by atoms with Crippen LogP contribution >= 0.6 is 0 Å². The molecule has 2 aliphatic carbocycles. The van der Waals surface area contributed by atoms with Gasteiger partial charge in [0.05, 0.1) is 17.5 Å². The number of ether oxygens (including phenoxy) is 1. The Labute approximate surface area is 192 Å². The normalized spacial score (nSPS) is 22.2. The van der Waals surface area contributed by atoms with Crippen molar-refractivity contribution in [2.45, 2.75) is 57.2 Å². The molecule has 0 radical (unpaired) electrons. The largest absolute Gasteiger partial charge is 0.434 e. The first kappa shape index (κ1) is 21.9. The number of rotatable bonds is 6. The molecule has 1 heterocycles. The Hall–Kier alpha value is -2.96. The summed E-state index contributed by atoms with van der Waals surface area (Å²) in [5, 5.41) is 0. The average Bonchev–Trinajstić information content (AvgIpc) is 3.58. The van der Waals surface area contributed by atoms with Crippen LogP contribution in [0.15, 0.2) is 48.5 Å². The Morgan fingerprint density at radius 1 is 1.00 bits per heavy atom. The molecule has 2 amide bonds. The number of carbonyl (C=O) groups excluding carboxylic acids is 2. The van der Waals surface area contributed by atoms with Gasteiger partial charge in [-0.2, -0.15) is 8.78 Å². The van der Waals surface area contributed by atoms with Gasteiger partial charge in [0.15, 0.2) is 0 Å². The van der Waals surface area contributed by atoms with E-state index in [0.29, 0.717) is 19.5 Å². The van der Waals surface area contributed by atoms with Crippen LogP contribution in [0.3, 0.4) is 0 Å². The molecule has 7 heteroatoms. The zero-order valence-corrected chi connectivity index (χ0v) is 18.5. The van der Waals surface area contributed by atoms with Crippen molar-refractivity contribution in [3.63, 3.8) is 0 Å². The summed E-state index contributed by atoms with van der Waals surface area (Å²) in [5.74, 6) is -0.658. The Balaban J connectivity index is 1.33. The lowest BCUT2D eigenvalue weighted by Gasteiger charge is -2.38. The number of para-hydroxylation sites is 1. The second-order valence-corrected chi connectivity index (χ2v) is 9.19. The lowest BCUT2D eigenvalue weighted by Crippen LogP contribution is -2.48. The van der Waals surface area contributed by atoms with Crippen molar-refractivity contribution in [1.29, 1.82) is 0 Å². The van der Waals surface area contributed by atoms with Gasteiger partial charge in [0.25, 0.3) is 5.91 Å². The summed E-state index contributed by atoms with van der Waals surface area (Å²) < 4.78 is 30.2. The maximum Gasteiger partial charge on any atom is 0.387 e. The van der Waals surface area contributed by atoms with Gasteiger partial charge >= 0.3 is 6.61 Å². The Morgan fingerprint density at radius 2 is 1.76 bits per heavy atom. The third-order valence-corrected chi connectivity index (χ3v) is 7.02. The third-order valence-electron chi connectivity index (χ3n) is 7.02. The molecule has 0 bridgehead atoms. The molecule has 5 nitrogen and oxygen atoms in total. The summed E-state index contributed by atoms with van der Waals surface area (Å²) in [7, 11) is 0. The van der Waals surface area contributed by atoms with E-state index < -0.39 is 6.61 Å². The molecule has 33 heavy (non-hydrogen) atoms. The summed E-state index contributed by atoms with van der Waals surface area (Å²) in [6.07, 6.45) is 5.41. The van der Waals surface area contributed by atoms with Crippen molar-refractivity contribution in [2.75, 3.05) is 13.1 Å². The lowest BCUT2D eigenvalue weighted by atomic mass is 9.94. The number of likely N-dealkylation sites (tertiary alicyclic amines) is 1. The minimum absolute atomic E-state index is 0.104. The van der Waals surface area contributed by atoms with E-state index in [0.717, 1.165) is 32.1 Å². The molecule has 0 N–H and O–H groups in total. The van der Waals surface area contributed by atoms with E-state index in [4.69, 9.17) is 0 Å². The van der Waals surface area contributed by atoms with Gasteiger partial charge in [0.1, 0.15) is 5.75 Å². The fraction of sp³-hybridized carbons (Fsp3) is 0.462. The molecular weight excluding hydrogens is 426 g/mol. The Kier molecular flexibility index (Phi) is 6.04. The SMILES string of the molecule is O=C(c1ccccc1OC(F)F)N1CCCC(C(=O)N(C2CC2)C2CCc3ccccc32)C1. The van der Waals surface area contributed by atoms with Crippen LogP contribution in [-0.2, 0) is 11.2 Å². The van der Waals surface area contributed by atoms with Gasteiger partial charge in [-0.25, -0.2) is 0 Å². The van der Waals surface area contributed by atoms with Gasteiger partial charge in [-0.05, 0) is 61.8 Å². The third kappa shape index (κ3) is 4.45. The Bertz CT molecular complexity index is 1040. The number of alkyl halides is 2. The molecule has 2 fully saturated rings. The number of hydrogen-bond acceptors (Lipinski definition) is 3. The predicted octanol–water partition coefficient (Wildman–Crippen LogP) is 4.82. The summed E-state index contributed by atoms with van der Waals surface area (Å²) in [6, 6.07) is 14.8. The topological polar surface area (TPSA) is 49.9 Å². The van der Waals surface area contributed by atoms with Crippen molar-refractivity contribution < 1.29 is 23.1 Å². The molecule has 2 aromatic rings. The van der Waals surface area contributed by atoms with Crippen LogP contribution < -0.4 is 4.74 Å². The number of piperidine rings is 1. The van der Waals surface area contributed by atoms with Crippen LogP contribution in [0.5, 0.6) is 5.75 Å². The van der Waals surface area contributed by atoms with Crippen LogP contribution in [0.4, 0.5) is 8.78 Å². The number of halogens is 2. The summed E-state index contributed by atoms with van der Waals surface area (Å²) in [6.45, 7) is -2.20. The fourth-order valence-electron chi connectivity index (χ4n) is 5.35. The van der Waals surface area contributed by atoms with E-state index in [9.17, 15) is 18.4 Å². The van der Waals surface area contributed by atoms with E-state index in [2.05, 4.69) is 21.8 Å². The molecule has 3 aliphatic rings. The highest BCUT2D eigenvalue weighted by Crippen LogP contribution is 2.43. The van der Waals surface area contributed by atoms with Crippen molar-refractivity contribution in [2.24, 2.45) is 5.92 Å². The Morgan fingerprint density at radius 3 is 2.55 bits per heavy atom. The molecule has 1 saturated heterocycles. The number of hydrogen-bond donors (Lipinski definition) is 0. The second kappa shape index (κ2) is 9.12. The highest BCUT2D eigenvalue weighted by Gasteiger charge is 2.43. The first-order valence-electron chi connectivity index (χ1n) is 11.8. The maximum atomic E-state index is 13.8. The maximum absolute atomic E-state index is 13.8. The zero-order valence-electron chi connectivity index (χ0n) is 18.5. The van der Waals surface area contributed by atoms with Gasteiger partial charge in [-0.1, -0.05) is 36.4 Å². The van der Waals surface area contributed by atoms with Crippen LogP contribution in [0, 0.1) is 5.92 Å². The molecule has 2 aromatic carbocycles. The molecule has 2 unspecified atom stereocenters. The number of aryl methyl sites for hydroxylation is 1. The molecule has 1 aliphatic heterocycles. The van der Waals surface area contributed by atoms with Gasteiger partial charge in [0.2, 0.25) is 5.91 Å². The first-order chi connectivity index (χ1) is 16.0. The minimum Gasteiger partial charge on any atom is -0.434 e. The predicted molar refractivity (Wildman–Crippen MR) is 119 cm³/mol. The monoisotopic (exact) mass is 454 g/mol. The number of nitrogens with zero attached hydrogens (tertiary/aromatic N) is 2. The van der Waals surface area contributed by atoms with Crippen molar-refractivity contribution in [3.05, 3.63) is 65.2 Å². The fourth-order valence-corrected chi connectivity index (χ4v) is 5.35. The number of amides is 2. The smallest absolute Gasteiger partial charge is 0.387 e. The van der Waals surface area contributed by atoms with Crippen molar-refractivity contribution >= 4 is 11.8 Å². The van der Waals surface area contributed by atoms with Crippen molar-refractivity contribution in [3.8, 4) is 5.75 Å². The summed E-state index contributed by atoms with van der Waals surface area (Å²) in [5.41, 5.74) is 2.67. The van der Waals surface area contributed by atoms with Crippen LogP contribution in [-0.4, -0.2) is 47.4 Å². The molecule has 0 aromatic heterocycles. The standard InChI is InChI=1S/C26H28F2N2O3/c27-26(28)33-23-10-4-3-9-21(23)25(32)29-15-5-7-18(16-29)24(31)30(19-12-13-19)22-14-11-17-6-1-2-8-20(17)22/h1-4,6,8-10,18-19,22,26H,5,7,11-16H2. The highest BCUT2D eigenvalue weighted by molar-refractivity contribution is 5.97. The van der Waals surface area contributed by atoms with E-state index in [1.165, 1.54) is 23.3 Å². The number of fused-ring (bicyclic) bond motifs is 1.